The average Bonchev–Trinajstić information content (AvgIpc) is 3.52. The number of hydrogen-bond donors (Lipinski definition) is 3. The minimum absolute atomic E-state index is 0.174. The second-order valence-electron chi connectivity index (χ2n) is 7.74. The highest BCUT2D eigenvalue weighted by atomic mass is 35.5. The van der Waals surface area contributed by atoms with E-state index >= 15 is 0 Å². The Kier molecular flexibility index (Phi) is 5.07. The van der Waals surface area contributed by atoms with Gasteiger partial charge < -0.3 is 20.9 Å². The van der Waals surface area contributed by atoms with Crippen molar-refractivity contribution in [2.75, 3.05) is 11.9 Å². The van der Waals surface area contributed by atoms with Crippen molar-refractivity contribution < 1.29 is 9.59 Å². The highest BCUT2D eigenvalue weighted by Gasteiger charge is 2.32. The van der Waals surface area contributed by atoms with E-state index in [4.69, 9.17) is 17.3 Å². The number of H-pyrrole nitrogens is 1. The van der Waals surface area contributed by atoms with E-state index in [1.807, 2.05) is 42.5 Å². The Bertz CT molecular complexity index is 1330. The maximum atomic E-state index is 13.2. The van der Waals surface area contributed by atoms with Crippen LogP contribution in [-0.4, -0.2) is 38.0 Å². The number of carbonyl (C=O) groups excluding carboxylic acids is 2. The number of nitrogens with zero attached hydrogens (tertiary/aromatic N) is 3. The number of aromatic amines is 1. The van der Waals surface area contributed by atoms with E-state index in [0.29, 0.717) is 22.8 Å². The quantitative estimate of drug-likeness (QED) is 0.411. The fourth-order valence-electron chi connectivity index (χ4n) is 4.25. The number of likely N-dealkylation sites (tertiary alicyclic amines) is 1. The van der Waals surface area contributed by atoms with Gasteiger partial charge in [-0.25, -0.2) is 14.6 Å². The molecule has 4 aromatic rings. The van der Waals surface area contributed by atoms with Gasteiger partial charge in [0.2, 0.25) is 0 Å². The largest absolute Gasteiger partial charge is 0.351 e. The molecule has 0 spiro atoms. The number of halogens is 1. The van der Waals surface area contributed by atoms with Crippen LogP contribution < -0.4 is 11.1 Å². The third-order valence-corrected chi connectivity index (χ3v) is 5.99. The number of benzene rings is 2. The molecule has 1 aliphatic rings. The van der Waals surface area contributed by atoms with E-state index in [-0.39, 0.29) is 12.1 Å². The van der Waals surface area contributed by atoms with Crippen molar-refractivity contribution in [1.29, 1.82) is 0 Å². The predicted molar refractivity (Wildman–Crippen MR) is 124 cm³/mol. The molecule has 0 aliphatic carbocycles. The van der Waals surface area contributed by atoms with Gasteiger partial charge in [-0.05, 0) is 31.0 Å². The highest BCUT2D eigenvalue weighted by molar-refractivity contribution is 6.30. The van der Waals surface area contributed by atoms with Crippen molar-refractivity contribution in [3.8, 4) is 11.3 Å². The van der Waals surface area contributed by atoms with Crippen LogP contribution in [0, 0.1) is 0 Å². The Morgan fingerprint density at radius 2 is 2.03 bits per heavy atom. The second-order valence-corrected chi connectivity index (χ2v) is 8.18. The number of fused-ring (bicyclic) bond motifs is 1. The number of carbonyl (C=O) groups is 2. The topological polar surface area (TPSA) is 109 Å². The summed E-state index contributed by atoms with van der Waals surface area (Å²) in [5, 5.41) is 4.34. The lowest BCUT2D eigenvalue weighted by molar-refractivity contribution is 0.205. The minimum Gasteiger partial charge on any atom is -0.351 e. The monoisotopic (exact) mass is 448 g/mol. The van der Waals surface area contributed by atoms with Crippen molar-refractivity contribution in [2.24, 2.45) is 5.73 Å². The molecule has 2 aromatic heterocycles. The van der Waals surface area contributed by atoms with Crippen LogP contribution in [0.2, 0.25) is 5.02 Å². The van der Waals surface area contributed by atoms with Gasteiger partial charge in [0, 0.05) is 28.7 Å². The van der Waals surface area contributed by atoms with Crippen molar-refractivity contribution in [3.63, 3.8) is 0 Å². The molecular weight excluding hydrogens is 428 g/mol. The number of nitrogens with one attached hydrogen (secondary N) is 2. The molecule has 162 valence electrons. The van der Waals surface area contributed by atoms with E-state index in [0.717, 1.165) is 35.3 Å². The lowest BCUT2D eigenvalue weighted by Crippen LogP contribution is -2.34. The smallest absolute Gasteiger partial charge is 0.323 e. The SMILES string of the molecule is NC(=O)n1cc(NC(=O)N2CCC[C@H]2c2ncc(-c3cccc(Cl)c3)[nH]2)c2ccccc21. The van der Waals surface area contributed by atoms with Crippen molar-refractivity contribution in [3.05, 3.63) is 71.8 Å². The first kappa shape index (κ1) is 20.1. The van der Waals surface area contributed by atoms with E-state index in [2.05, 4.69) is 15.3 Å². The van der Waals surface area contributed by atoms with Crippen LogP contribution in [0.5, 0.6) is 0 Å². The van der Waals surface area contributed by atoms with Gasteiger partial charge in [-0.2, -0.15) is 0 Å². The molecule has 1 aliphatic heterocycles. The van der Waals surface area contributed by atoms with Gasteiger partial charge in [0.25, 0.3) is 0 Å². The molecule has 1 atom stereocenters. The molecule has 3 amide bonds. The van der Waals surface area contributed by atoms with Gasteiger partial charge >= 0.3 is 12.1 Å². The van der Waals surface area contributed by atoms with Crippen molar-refractivity contribution in [2.45, 2.75) is 18.9 Å². The maximum Gasteiger partial charge on any atom is 0.323 e. The van der Waals surface area contributed by atoms with E-state index in [9.17, 15) is 9.59 Å². The van der Waals surface area contributed by atoms with E-state index in [1.54, 1.807) is 23.4 Å². The molecule has 8 nitrogen and oxygen atoms in total. The number of amides is 3. The van der Waals surface area contributed by atoms with Crippen LogP contribution in [0.1, 0.15) is 24.7 Å². The van der Waals surface area contributed by atoms with Gasteiger partial charge in [0.05, 0.1) is 29.1 Å². The number of nitrogens with two attached hydrogens (primary N) is 1. The summed E-state index contributed by atoms with van der Waals surface area (Å²) in [5.41, 5.74) is 8.45. The van der Waals surface area contributed by atoms with Crippen molar-refractivity contribution >= 4 is 40.3 Å². The van der Waals surface area contributed by atoms with Crippen LogP contribution in [-0.2, 0) is 0 Å². The predicted octanol–water partition coefficient (Wildman–Crippen LogP) is 4.98. The third kappa shape index (κ3) is 3.58. The Labute approximate surface area is 189 Å². The Morgan fingerprint density at radius 3 is 2.84 bits per heavy atom. The zero-order valence-electron chi connectivity index (χ0n) is 17.1. The number of aromatic nitrogens is 3. The molecule has 0 saturated carbocycles. The molecule has 1 saturated heterocycles. The Hall–Kier alpha value is -3.78. The summed E-state index contributed by atoms with van der Waals surface area (Å²) in [5.74, 6) is 0.729. The molecule has 0 bridgehead atoms. The van der Waals surface area contributed by atoms with Crippen LogP contribution >= 0.6 is 11.6 Å². The molecule has 0 unspecified atom stereocenters. The standard InChI is InChI=1S/C23H21ClN6O2/c24-15-6-3-5-14(11-15)17-12-26-21(27-17)20-9-4-10-29(20)23(32)28-18-13-30(22(25)31)19-8-2-1-7-16(18)19/h1-3,5-8,11-13,20H,4,9-10H2,(H2,25,31)(H,26,27)(H,28,32)/t20-/m0/s1. The number of imidazole rings is 1. The fraction of sp³-hybridized carbons (Fsp3) is 0.174. The lowest BCUT2D eigenvalue weighted by Gasteiger charge is -2.23. The lowest BCUT2D eigenvalue weighted by atomic mass is 10.2. The molecule has 32 heavy (non-hydrogen) atoms. The van der Waals surface area contributed by atoms with Crippen LogP contribution in [0.25, 0.3) is 22.2 Å². The summed E-state index contributed by atoms with van der Waals surface area (Å²) < 4.78 is 1.33. The Morgan fingerprint density at radius 1 is 1.19 bits per heavy atom. The summed E-state index contributed by atoms with van der Waals surface area (Å²) in [6, 6.07) is 13.8. The van der Waals surface area contributed by atoms with Crippen LogP contribution in [0.15, 0.2) is 60.9 Å². The van der Waals surface area contributed by atoms with Gasteiger partial charge in [-0.1, -0.05) is 41.9 Å². The van der Waals surface area contributed by atoms with E-state index in [1.165, 1.54) is 4.57 Å². The van der Waals surface area contributed by atoms with Crippen LogP contribution in [0.3, 0.4) is 0 Å². The number of hydrogen-bond acceptors (Lipinski definition) is 3. The highest BCUT2D eigenvalue weighted by Crippen LogP contribution is 2.33. The number of rotatable bonds is 3. The summed E-state index contributed by atoms with van der Waals surface area (Å²) in [4.78, 5) is 34.6. The molecule has 3 heterocycles. The minimum atomic E-state index is -0.607. The first-order valence-corrected chi connectivity index (χ1v) is 10.7. The van der Waals surface area contributed by atoms with Gasteiger partial charge in [-0.15, -0.1) is 0 Å². The van der Waals surface area contributed by atoms with Gasteiger partial charge in [0.1, 0.15) is 5.82 Å². The average molecular weight is 449 g/mol. The molecule has 9 heteroatoms. The number of primary amides is 1. The van der Waals surface area contributed by atoms with E-state index < -0.39 is 6.03 Å². The van der Waals surface area contributed by atoms with Gasteiger partial charge in [-0.3, -0.25) is 4.57 Å². The normalized spacial score (nSPS) is 15.9. The first-order valence-electron chi connectivity index (χ1n) is 10.3. The molecule has 0 radical (unpaired) electrons. The molecular formula is C23H21ClN6O2. The number of urea groups is 1. The van der Waals surface area contributed by atoms with Crippen LogP contribution in [0.4, 0.5) is 15.3 Å². The molecule has 1 fully saturated rings. The third-order valence-electron chi connectivity index (χ3n) is 5.75. The van der Waals surface area contributed by atoms with Gasteiger partial charge in [0.15, 0.2) is 0 Å². The maximum absolute atomic E-state index is 13.2. The molecule has 5 rings (SSSR count). The number of anilines is 1. The second kappa shape index (κ2) is 8.05. The first-order chi connectivity index (χ1) is 15.5. The zero-order valence-corrected chi connectivity index (χ0v) is 17.8. The molecule has 2 aromatic carbocycles. The summed E-state index contributed by atoms with van der Waals surface area (Å²) in [7, 11) is 0. The summed E-state index contributed by atoms with van der Waals surface area (Å²) >= 11 is 6.11. The van der Waals surface area contributed by atoms with Crippen molar-refractivity contribution in [1.82, 2.24) is 19.4 Å². The summed E-state index contributed by atoms with van der Waals surface area (Å²) in [6.45, 7) is 0.609. The molecule has 4 N–H and O–H groups in total. The fourth-order valence-corrected chi connectivity index (χ4v) is 4.44. The Balaban J connectivity index is 1.39. The zero-order chi connectivity index (χ0) is 22.2. The number of para-hydroxylation sites is 1. The summed E-state index contributed by atoms with van der Waals surface area (Å²) in [6.07, 6.45) is 4.99.